The predicted molar refractivity (Wildman–Crippen MR) is 116 cm³/mol. The number of nitro groups is 1. The number of hydrogen-bond donors (Lipinski definition) is 1. The molecule has 0 bridgehead atoms. The molecule has 1 aliphatic heterocycles. The standard InChI is InChI=1S/C21H28N6O5/c1-5-20-23-19(24-32-20)12-26(14(4)28)16-8-9-25(11-16)17-7-6-15(10-18(17)27(30)31)21(29)22-13(2)3/h6-7,10,13,16H,5,8-9,11-12H2,1-4H3,(H,22,29). The number of nitrogens with zero attached hydrogens (tertiary/aromatic N) is 5. The maximum absolute atomic E-state index is 12.3. The SMILES string of the molecule is CCc1nc(CN(C(C)=O)C2CCN(c3ccc(C(=O)NC(C)C)cc3[N+](=O)[O-])C2)no1. The molecule has 0 radical (unpaired) electrons. The first-order chi connectivity index (χ1) is 15.2. The molecule has 0 saturated carbocycles. The molecule has 2 heterocycles. The van der Waals surface area contributed by atoms with Crippen molar-refractivity contribution in [2.45, 2.75) is 59.2 Å². The molecule has 3 rings (SSSR count). The number of benzene rings is 1. The quantitative estimate of drug-likeness (QED) is 0.484. The van der Waals surface area contributed by atoms with E-state index >= 15 is 0 Å². The van der Waals surface area contributed by atoms with E-state index in [4.69, 9.17) is 4.52 Å². The number of carbonyl (C=O) groups excluding carboxylic acids is 2. The van der Waals surface area contributed by atoms with Crippen LogP contribution in [0.15, 0.2) is 22.7 Å². The lowest BCUT2D eigenvalue weighted by Gasteiger charge is -2.27. The van der Waals surface area contributed by atoms with Crippen molar-refractivity contribution in [3.8, 4) is 0 Å². The van der Waals surface area contributed by atoms with Crippen LogP contribution in [-0.4, -0.2) is 57.0 Å². The number of nitro benzene ring substituents is 1. The number of aryl methyl sites for hydroxylation is 1. The summed E-state index contributed by atoms with van der Waals surface area (Å²) >= 11 is 0. The van der Waals surface area contributed by atoms with Gasteiger partial charge in [-0.3, -0.25) is 19.7 Å². The van der Waals surface area contributed by atoms with E-state index in [1.165, 1.54) is 13.0 Å². The Balaban J connectivity index is 1.78. The van der Waals surface area contributed by atoms with Gasteiger partial charge in [0.2, 0.25) is 11.8 Å². The number of anilines is 1. The molecule has 2 amide bonds. The summed E-state index contributed by atoms with van der Waals surface area (Å²) in [5, 5.41) is 18.4. The van der Waals surface area contributed by atoms with Crippen LogP contribution < -0.4 is 10.2 Å². The molecule has 11 nitrogen and oxygen atoms in total. The van der Waals surface area contributed by atoms with Crippen molar-refractivity contribution < 1.29 is 19.0 Å². The van der Waals surface area contributed by atoms with Crippen molar-refractivity contribution in [1.29, 1.82) is 0 Å². The summed E-state index contributed by atoms with van der Waals surface area (Å²) in [6, 6.07) is 4.25. The Hall–Kier alpha value is -3.50. The Bertz CT molecular complexity index is 1000. The molecular formula is C21H28N6O5. The first-order valence-electron chi connectivity index (χ1n) is 10.6. The molecule has 32 heavy (non-hydrogen) atoms. The summed E-state index contributed by atoms with van der Waals surface area (Å²) in [7, 11) is 0. The molecule has 1 fully saturated rings. The van der Waals surface area contributed by atoms with E-state index < -0.39 is 4.92 Å². The van der Waals surface area contributed by atoms with E-state index in [-0.39, 0.29) is 41.7 Å². The molecule has 1 aliphatic rings. The second-order valence-electron chi connectivity index (χ2n) is 8.08. The Kier molecular flexibility index (Phi) is 7.06. The first-order valence-corrected chi connectivity index (χ1v) is 10.6. The third-order valence-electron chi connectivity index (χ3n) is 5.33. The van der Waals surface area contributed by atoms with Crippen LogP contribution in [0.25, 0.3) is 0 Å². The zero-order valence-electron chi connectivity index (χ0n) is 18.7. The van der Waals surface area contributed by atoms with Crippen LogP contribution >= 0.6 is 0 Å². The highest BCUT2D eigenvalue weighted by molar-refractivity contribution is 5.96. The van der Waals surface area contributed by atoms with Gasteiger partial charge in [-0.25, -0.2) is 0 Å². The monoisotopic (exact) mass is 444 g/mol. The molecule has 0 aliphatic carbocycles. The fourth-order valence-corrected chi connectivity index (χ4v) is 3.79. The van der Waals surface area contributed by atoms with E-state index in [0.717, 1.165) is 0 Å². The number of rotatable bonds is 8. The first kappa shape index (κ1) is 23.2. The molecule has 1 aromatic heterocycles. The summed E-state index contributed by atoms with van der Waals surface area (Å²) in [5.74, 6) is 0.453. The molecule has 2 aromatic rings. The Morgan fingerprint density at radius 3 is 2.75 bits per heavy atom. The maximum atomic E-state index is 12.3. The molecule has 1 atom stereocenters. The summed E-state index contributed by atoms with van der Waals surface area (Å²) < 4.78 is 5.13. The smallest absolute Gasteiger partial charge is 0.293 e. The van der Waals surface area contributed by atoms with Crippen molar-refractivity contribution >= 4 is 23.2 Å². The summed E-state index contributed by atoms with van der Waals surface area (Å²) in [5.41, 5.74) is 0.524. The van der Waals surface area contributed by atoms with Gasteiger partial charge in [-0.05, 0) is 32.4 Å². The van der Waals surface area contributed by atoms with Gasteiger partial charge in [0.25, 0.3) is 11.6 Å². The lowest BCUT2D eigenvalue weighted by molar-refractivity contribution is -0.384. The average molecular weight is 444 g/mol. The third kappa shape index (κ3) is 5.21. The normalized spacial score (nSPS) is 15.8. The minimum atomic E-state index is -0.483. The van der Waals surface area contributed by atoms with Crippen LogP contribution in [0, 0.1) is 10.1 Å². The van der Waals surface area contributed by atoms with E-state index in [9.17, 15) is 19.7 Å². The number of nitrogens with one attached hydrogen (secondary N) is 1. The number of hydrogen-bond acceptors (Lipinski definition) is 8. The number of aromatic nitrogens is 2. The van der Waals surface area contributed by atoms with Crippen LogP contribution in [0.1, 0.15) is 56.2 Å². The van der Waals surface area contributed by atoms with Crippen LogP contribution in [0.4, 0.5) is 11.4 Å². The summed E-state index contributed by atoms with van der Waals surface area (Å²) in [6.07, 6.45) is 1.25. The summed E-state index contributed by atoms with van der Waals surface area (Å²) in [4.78, 5) is 43.6. The lowest BCUT2D eigenvalue weighted by atomic mass is 10.1. The molecule has 172 valence electrons. The maximum Gasteiger partial charge on any atom is 0.293 e. The highest BCUT2D eigenvalue weighted by Gasteiger charge is 2.33. The van der Waals surface area contributed by atoms with Gasteiger partial charge in [0.1, 0.15) is 5.69 Å². The van der Waals surface area contributed by atoms with E-state index in [1.54, 1.807) is 17.0 Å². The fraction of sp³-hybridized carbons (Fsp3) is 0.524. The highest BCUT2D eigenvalue weighted by atomic mass is 16.6. The lowest BCUT2D eigenvalue weighted by Crippen LogP contribution is -2.40. The van der Waals surface area contributed by atoms with E-state index in [1.807, 2.05) is 25.7 Å². The van der Waals surface area contributed by atoms with Crippen molar-refractivity contribution in [2.75, 3.05) is 18.0 Å². The molecular weight excluding hydrogens is 416 g/mol. The Morgan fingerprint density at radius 2 is 2.16 bits per heavy atom. The topological polar surface area (TPSA) is 135 Å². The number of amides is 2. The van der Waals surface area contributed by atoms with Gasteiger partial charge in [-0.2, -0.15) is 4.98 Å². The molecule has 0 spiro atoms. The van der Waals surface area contributed by atoms with Gasteiger partial charge in [0, 0.05) is 44.1 Å². The minimum absolute atomic E-state index is 0.0780. The van der Waals surface area contributed by atoms with Gasteiger partial charge in [-0.1, -0.05) is 12.1 Å². The fourth-order valence-electron chi connectivity index (χ4n) is 3.79. The van der Waals surface area contributed by atoms with Crippen LogP contribution in [0.5, 0.6) is 0 Å². The number of carbonyl (C=O) groups is 2. The predicted octanol–water partition coefficient (Wildman–Crippen LogP) is 2.31. The van der Waals surface area contributed by atoms with Gasteiger partial charge in [-0.15, -0.1) is 0 Å². The average Bonchev–Trinajstić information content (AvgIpc) is 3.40. The van der Waals surface area contributed by atoms with Crippen molar-refractivity contribution in [3.05, 3.63) is 45.6 Å². The van der Waals surface area contributed by atoms with E-state index in [0.29, 0.717) is 43.3 Å². The third-order valence-corrected chi connectivity index (χ3v) is 5.33. The molecule has 1 N–H and O–H groups in total. The largest absolute Gasteiger partial charge is 0.364 e. The molecule has 1 unspecified atom stereocenters. The Labute approximate surface area is 185 Å². The van der Waals surface area contributed by atoms with Crippen LogP contribution in [0.3, 0.4) is 0 Å². The second kappa shape index (κ2) is 9.75. The van der Waals surface area contributed by atoms with Crippen molar-refractivity contribution in [2.24, 2.45) is 0 Å². The van der Waals surface area contributed by atoms with Gasteiger partial charge in [0.15, 0.2) is 5.82 Å². The zero-order chi connectivity index (χ0) is 23.4. The highest BCUT2D eigenvalue weighted by Crippen LogP contribution is 2.33. The molecule has 11 heteroatoms. The van der Waals surface area contributed by atoms with Crippen molar-refractivity contribution in [1.82, 2.24) is 20.4 Å². The van der Waals surface area contributed by atoms with Crippen molar-refractivity contribution in [3.63, 3.8) is 0 Å². The zero-order valence-corrected chi connectivity index (χ0v) is 18.7. The minimum Gasteiger partial charge on any atom is -0.364 e. The van der Waals surface area contributed by atoms with Crippen LogP contribution in [0.2, 0.25) is 0 Å². The van der Waals surface area contributed by atoms with Gasteiger partial charge < -0.3 is 19.6 Å². The van der Waals surface area contributed by atoms with Gasteiger partial charge in [0.05, 0.1) is 17.5 Å². The van der Waals surface area contributed by atoms with Gasteiger partial charge >= 0.3 is 0 Å². The molecule has 1 saturated heterocycles. The Morgan fingerprint density at radius 1 is 1.41 bits per heavy atom. The second-order valence-corrected chi connectivity index (χ2v) is 8.08. The molecule has 1 aromatic carbocycles. The van der Waals surface area contributed by atoms with Crippen LogP contribution in [-0.2, 0) is 17.8 Å². The van der Waals surface area contributed by atoms with E-state index in [2.05, 4.69) is 15.5 Å². The summed E-state index contributed by atoms with van der Waals surface area (Å²) in [6.45, 7) is 8.21.